The van der Waals surface area contributed by atoms with Gasteiger partial charge in [0.05, 0.1) is 4.88 Å². The standard InChI is InChI=1S/C19H21N3OS.2ClH/c1-22-14-3-4-15(22)10-16(9-14)23-19-21-11-18(24-19)13-2-5-17-12(8-13)6-7-20-17;;/h2,5-8,11,14-16,20H,3-4,9-10H2,1H3;2*1H. The first-order valence-electron chi connectivity index (χ1n) is 8.68. The summed E-state index contributed by atoms with van der Waals surface area (Å²) in [5, 5.41) is 2.04. The van der Waals surface area contributed by atoms with Gasteiger partial charge in [0, 0.05) is 30.0 Å². The number of nitrogens with one attached hydrogen (secondary N) is 1. The van der Waals surface area contributed by atoms with Gasteiger partial charge in [-0.2, -0.15) is 0 Å². The third kappa shape index (κ3) is 3.46. The zero-order valence-corrected chi connectivity index (χ0v) is 17.0. The molecule has 2 bridgehead atoms. The Morgan fingerprint density at radius 2 is 1.92 bits per heavy atom. The number of benzene rings is 1. The predicted octanol–water partition coefficient (Wildman–Crippen LogP) is 5.14. The average Bonchev–Trinajstić information content (AvgIpc) is 3.27. The Hall–Kier alpha value is -1.27. The lowest BCUT2D eigenvalue weighted by molar-refractivity contribution is 0.0660. The van der Waals surface area contributed by atoms with Gasteiger partial charge in [-0.25, -0.2) is 4.98 Å². The highest BCUT2D eigenvalue weighted by Crippen LogP contribution is 2.38. The fourth-order valence-electron chi connectivity index (χ4n) is 4.25. The number of aromatic amines is 1. The molecular weight excluding hydrogens is 389 g/mol. The summed E-state index contributed by atoms with van der Waals surface area (Å²) in [6.45, 7) is 0. The van der Waals surface area contributed by atoms with Crippen LogP contribution in [-0.4, -0.2) is 40.1 Å². The van der Waals surface area contributed by atoms with Crippen LogP contribution in [0.4, 0.5) is 0 Å². The second-order valence-electron chi connectivity index (χ2n) is 7.03. The molecule has 2 aromatic heterocycles. The molecule has 0 spiro atoms. The number of ether oxygens (including phenoxy) is 1. The lowest BCUT2D eigenvalue weighted by Gasteiger charge is -2.35. The largest absolute Gasteiger partial charge is 0.467 e. The van der Waals surface area contributed by atoms with E-state index in [1.165, 1.54) is 34.2 Å². The molecule has 0 aliphatic carbocycles. The lowest BCUT2D eigenvalue weighted by Crippen LogP contribution is -2.43. The summed E-state index contributed by atoms with van der Waals surface area (Å²) in [4.78, 5) is 11.5. The van der Waals surface area contributed by atoms with Gasteiger partial charge in [-0.1, -0.05) is 17.4 Å². The van der Waals surface area contributed by atoms with Gasteiger partial charge < -0.3 is 14.6 Å². The monoisotopic (exact) mass is 411 g/mol. The number of thiazole rings is 1. The summed E-state index contributed by atoms with van der Waals surface area (Å²) in [6.07, 6.45) is 9.15. The highest BCUT2D eigenvalue weighted by atomic mass is 35.5. The Bertz CT molecular complexity index is 866. The van der Waals surface area contributed by atoms with E-state index in [0.717, 1.165) is 18.0 Å². The van der Waals surface area contributed by atoms with Gasteiger partial charge in [0.1, 0.15) is 6.10 Å². The maximum atomic E-state index is 6.23. The number of aromatic nitrogens is 2. The summed E-state index contributed by atoms with van der Waals surface area (Å²) >= 11 is 1.66. The Labute approximate surface area is 169 Å². The molecule has 4 heterocycles. The van der Waals surface area contributed by atoms with Crippen molar-refractivity contribution in [1.29, 1.82) is 0 Å². The fourth-order valence-corrected chi connectivity index (χ4v) is 5.08. The fraction of sp³-hybridized carbons (Fsp3) is 0.421. The SMILES string of the molecule is CN1C2CCC1CC(Oc1ncc(-c3ccc4[nH]ccc4c3)s1)C2.Cl.Cl. The molecule has 5 rings (SSSR count). The first-order chi connectivity index (χ1) is 11.8. The quantitative estimate of drug-likeness (QED) is 0.648. The molecule has 3 aromatic rings. The second-order valence-corrected chi connectivity index (χ2v) is 8.03. The summed E-state index contributed by atoms with van der Waals surface area (Å²) in [5.74, 6) is 0. The van der Waals surface area contributed by atoms with E-state index in [1.54, 1.807) is 11.3 Å². The van der Waals surface area contributed by atoms with Gasteiger partial charge >= 0.3 is 0 Å². The summed E-state index contributed by atoms with van der Waals surface area (Å²) in [7, 11) is 2.26. The van der Waals surface area contributed by atoms with Crippen LogP contribution in [0.5, 0.6) is 5.19 Å². The minimum atomic E-state index is 0. The molecule has 2 saturated heterocycles. The molecule has 0 radical (unpaired) electrons. The zero-order valence-electron chi connectivity index (χ0n) is 14.6. The van der Waals surface area contributed by atoms with Crippen molar-refractivity contribution in [3.05, 3.63) is 36.7 Å². The van der Waals surface area contributed by atoms with E-state index in [0.29, 0.717) is 18.2 Å². The molecule has 140 valence electrons. The third-order valence-electron chi connectivity index (χ3n) is 5.64. The number of hydrogen-bond donors (Lipinski definition) is 1. The predicted molar refractivity (Wildman–Crippen MR) is 112 cm³/mol. The van der Waals surface area contributed by atoms with Crippen LogP contribution >= 0.6 is 36.2 Å². The molecule has 2 atom stereocenters. The Morgan fingerprint density at radius 1 is 1.15 bits per heavy atom. The molecule has 2 unspecified atom stereocenters. The molecule has 2 aliphatic heterocycles. The zero-order chi connectivity index (χ0) is 16.1. The number of piperidine rings is 1. The van der Waals surface area contributed by atoms with E-state index in [2.05, 4.69) is 46.2 Å². The van der Waals surface area contributed by atoms with Crippen molar-refractivity contribution < 1.29 is 4.74 Å². The van der Waals surface area contributed by atoms with Gasteiger partial charge in [-0.15, -0.1) is 24.8 Å². The van der Waals surface area contributed by atoms with E-state index in [4.69, 9.17) is 4.74 Å². The van der Waals surface area contributed by atoms with Crippen LogP contribution < -0.4 is 4.74 Å². The van der Waals surface area contributed by atoms with Crippen molar-refractivity contribution in [3.8, 4) is 15.6 Å². The van der Waals surface area contributed by atoms with Crippen molar-refractivity contribution in [2.45, 2.75) is 43.9 Å². The van der Waals surface area contributed by atoms with E-state index < -0.39 is 0 Å². The molecular formula is C19H23Cl2N3OS. The summed E-state index contributed by atoms with van der Waals surface area (Å²) in [5.41, 5.74) is 2.37. The molecule has 7 heteroatoms. The van der Waals surface area contributed by atoms with Crippen molar-refractivity contribution in [3.63, 3.8) is 0 Å². The van der Waals surface area contributed by atoms with Gasteiger partial charge in [-0.05, 0) is 61.9 Å². The average molecular weight is 412 g/mol. The number of hydrogen-bond acceptors (Lipinski definition) is 4. The maximum Gasteiger partial charge on any atom is 0.273 e. The summed E-state index contributed by atoms with van der Waals surface area (Å²) in [6, 6.07) is 9.98. The molecule has 2 aliphatic rings. The minimum Gasteiger partial charge on any atom is -0.467 e. The van der Waals surface area contributed by atoms with Crippen LogP contribution in [0.2, 0.25) is 0 Å². The number of fused-ring (bicyclic) bond motifs is 3. The maximum absolute atomic E-state index is 6.23. The van der Waals surface area contributed by atoms with Gasteiger partial charge in [0.15, 0.2) is 0 Å². The van der Waals surface area contributed by atoms with Gasteiger partial charge in [0.2, 0.25) is 0 Å². The number of rotatable bonds is 3. The normalized spacial score (nSPS) is 24.9. The van der Waals surface area contributed by atoms with Crippen LogP contribution in [0, 0.1) is 0 Å². The molecule has 1 aromatic carbocycles. The van der Waals surface area contributed by atoms with E-state index in [9.17, 15) is 0 Å². The van der Waals surface area contributed by atoms with Gasteiger partial charge in [0.25, 0.3) is 5.19 Å². The number of H-pyrrole nitrogens is 1. The van der Waals surface area contributed by atoms with E-state index in [1.807, 2.05) is 12.4 Å². The number of halogens is 2. The van der Waals surface area contributed by atoms with Crippen molar-refractivity contribution in [1.82, 2.24) is 14.9 Å². The molecule has 1 N–H and O–H groups in total. The van der Waals surface area contributed by atoms with Crippen LogP contribution in [0.25, 0.3) is 21.3 Å². The van der Waals surface area contributed by atoms with E-state index in [-0.39, 0.29) is 24.8 Å². The first-order valence-corrected chi connectivity index (χ1v) is 9.50. The lowest BCUT2D eigenvalue weighted by atomic mass is 10.0. The van der Waals surface area contributed by atoms with Crippen LogP contribution in [0.1, 0.15) is 25.7 Å². The topological polar surface area (TPSA) is 41.1 Å². The van der Waals surface area contributed by atoms with Crippen molar-refractivity contribution >= 4 is 47.1 Å². The Kier molecular flexibility index (Phi) is 5.82. The van der Waals surface area contributed by atoms with Crippen LogP contribution in [-0.2, 0) is 0 Å². The van der Waals surface area contributed by atoms with Crippen molar-refractivity contribution in [2.75, 3.05) is 7.05 Å². The molecule has 0 amide bonds. The minimum absolute atomic E-state index is 0. The van der Waals surface area contributed by atoms with Crippen LogP contribution in [0.15, 0.2) is 36.7 Å². The first kappa shape index (κ1) is 19.5. The highest BCUT2D eigenvalue weighted by molar-refractivity contribution is 7.16. The smallest absolute Gasteiger partial charge is 0.273 e. The Morgan fingerprint density at radius 3 is 2.69 bits per heavy atom. The molecule has 2 fully saturated rings. The highest BCUT2D eigenvalue weighted by Gasteiger charge is 2.39. The Balaban J connectivity index is 0.000000980. The van der Waals surface area contributed by atoms with Crippen LogP contribution in [0.3, 0.4) is 0 Å². The van der Waals surface area contributed by atoms with Gasteiger partial charge in [-0.3, -0.25) is 0 Å². The molecule has 4 nitrogen and oxygen atoms in total. The third-order valence-corrected chi connectivity index (χ3v) is 6.58. The molecule has 0 saturated carbocycles. The van der Waals surface area contributed by atoms with E-state index >= 15 is 0 Å². The molecule has 26 heavy (non-hydrogen) atoms. The second kappa shape index (κ2) is 7.77. The summed E-state index contributed by atoms with van der Waals surface area (Å²) < 4.78 is 6.23. The van der Waals surface area contributed by atoms with Crippen molar-refractivity contribution in [2.24, 2.45) is 0 Å². The number of nitrogens with zero attached hydrogens (tertiary/aromatic N) is 2.